The van der Waals surface area contributed by atoms with Gasteiger partial charge in [0.05, 0.1) is 11.9 Å². The molecule has 5 heteroatoms. The van der Waals surface area contributed by atoms with Crippen molar-refractivity contribution in [2.45, 2.75) is 6.54 Å². The first kappa shape index (κ1) is 11.9. The molecule has 0 atom stereocenters. The van der Waals surface area contributed by atoms with Gasteiger partial charge in [0.1, 0.15) is 17.4 Å². The van der Waals surface area contributed by atoms with Gasteiger partial charge in [0.25, 0.3) is 0 Å². The second-order valence-electron chi connectivity index (χ2n) is 3.64. The van der Waals surface area contributed by atoms with E-state index in [-0.39, 0.29) is 5.56 Å². The maximum absolute atomic E-state index is 13.3. The highest BCUT2D eigenvalue weighted by Crippen LogP contribution is 2.18. The SMILES string of the molecule is C=Cn1cc(CNc2cccc(F)c2C#N)cn1. The number of hydrogen-bond acceptors (Lipinski definition) is 3. The molecule has 0 saturated carbocycles. The van der Waals surface area contributed by atoms with Crippen molar-refractivity contribution in [1.82, 2.24) is 9.78 Å². The van der Waals surface area contributed by atoms with E-state index in [1.54, 1.807) is 35.4 Å². The summed E-state index contributed by atoms with van der Waals surface area (Å²) >= 11 is 0. The lowest BCUT2D eigenvalue weighted by Crippen LogP contribution is -2.01. The number of anilines is 1. The molecule has 1 N–H and O–H groups in total. The molecule has 1 aromatic carbocycles. The number of rotatable bonds is 4. The summed E-state index contributed by atoms with van der Waals surface area (Å²) in [6, 6.07) is 6.33. The molecule has 1 aromatic heterocycles. The van der Waals surface area contributed by atoms with Crippen LogP contribution in [-0.2, 0) is 6.54 Å². The molecular formula is C13H11FN4. The minimum Gasteiger partial charge on any atom is -0.380 e. The summed E-state index contributed by atoms with van der Waals surface area (Å²) in [6.45, 7) is 4.05. The number of halogens is 1. The van der Waals surface area contributed by atoms with Gasteiger partial charge in [0.15, 0.2) is 0 Å². The largest absolute Gasteiger partial charge is 0.380 e. The van der Waals surface area contributed by atoms with E-state index >= 15 is 0 Å². The predicted molar refractivity (Wildman–Crippen MR) is 67.1 cm³/mol. The molecule has 2 rings (SSSR count). The Balaban J connectivity index is 2.13. The lowest BCUT2D eigenvalue weighted by molar-refractivity contribution is 0.624. The fourth-order valence-corrected chi connectivity index (χ4v) is 1.55. The van der Waals surface area contributed by atoms with E-state index in [2.05, 4.69) is 17.0 Å². The summed E-state index contributed by atoms with van der Waals surface area (Å²) in [7, 11) is 0. The third-order valence-corrected chi connectivity index (χ3v) is 2.45. The van der Waals surface area contributed by atoms with E-state index in [1.807, 2.05) is 6.07 Å². The predicted octanol–water partition coefficient (Wildman–Crippen LogP) is 2.61. The van der Waals surface area contributed by atoms with Crippen molar-refractivity contribution in [3.05, 3.63) is 54.1 Å². The molecule has 4 nitrogen and oxygen atoms in total. The minimum absolute atomic E-state index is 0.0219. The quantitative estimate of drug-likeness (QED) is 0.896. The van der Waals surface area contributed by atoms with Gasteiger partial charge in [0.2, 0.25) is 0 Å². The lowest BCUT2D eigenvalue weighted by Gasteiger charge is -2.06. The molecule has 90 valence electrons. The molecule has 0 saturated heterocycles. The van der Waals surface area contributed by atoms with E-state index in [1.165, 1.54) is 6.07 Å². The van der Waals surface area contributed by atoms with Crippen LogP contribution in [0.2, 0.25) is 0 Å². The molecule has 0 fully saturated rings. The normalized spacial score (nSPS) is 9.78. The molecule has 2 aromatic rings. The van der Waals surface area contributed by atoms with Gasteiger partial charge in [-0.05, 0) is 12.1 Å². The molecule has 0 aliphatic carbocycles. The molecule has 18 heavy (non-hydrogen) atoms. The highest BCUT2D eigenvalue weighted by Gasteiger charge is 2.07. The molecule has 0 spiro atoms. The number of nitrogens with zero attached hydrogens (tertiary/aromatic N) is 3. The first-order valence-corrected chi connectivity index (χ1v) is 5.32. The van der Waals surface area contributed by atoms with Gasteiger partial charge in [-0.3, -0.25) is 0 Å². The minimum atomic E-state index is -0.524. The van der Waals surface area contributed by atoms with Crippen LogP contribution in [0.5, 0.6) is 0 Å². The summed E-state index contributed by atoms with van der Waals surface area (Å²) in [5, 5.41) is 15.9. The van der Waals surface area contributed by atoms with E-state index in [4.69, 9.17) is 5.26 Å². The van der Waals surface area contributed by atoms with Crippen LogP contribution in [0.25, 0.3) is 6.20 Å². The van der Waals surface area contributed by atoms with E-state index in [0.29, 0.717) is 12.2 Å². The maximum Gasteiger partial charge on any atom is 0.143 e. The molecule has 0 aliphatic rings. The average Bonchev–Trinajstić information content (AvgIpc) is 2.84. The van der Waals surface area contributed by atoms with Gasteiger partial charge >= 0.3 is 0 Å². The van der Waals surface area contributed by atoms with Gasteiger partial charge in [0, 0.05) is 24.5 Å². The summed E-state index contributed by atoms with van der Waals surface area (Å²) in [5.74, 6) is -0.524. The topological polar surface area (TPSA) is 53.6 Å². The van der Waals surface area contributed by atoms with E-state index < -0.39 is 5.82 Å². The smallest absolute Gasteiger partial charge is 0.143 e. The number of nitrogens with one attached hydrogen (secondary N) is 1. The average molecular weight is 242 g/mol. The van der Waals surface area contributed by atoms with Crippen molar-refractivity contribution in [2.24, 2.45) is 0 Å². The lowest BCUT2D eigenvalue weighted by atomic mass is 10.2. The Hall–Kier alpha value is -2.61. The third kappa shape index (κ3) is 2.38. The van der Waals surface area contributed by atoms with Crippen molar-refractivity contribution in [2.75, 3.05) is 5.32 Å². The molecule has 0 amide bonds. The van der Waals surface area contributed by atoms with Crippen molar-refractivity contribution < 1.29 is 4.39 Å². The van der Waals surface area contributed by atoms with Gasteiger partial charge in [-0.15, -0.1) is 0 Å². The Morgan fingerprint density at radius 1 is 1.56 bits per heavy atom. The summed E-state index contributed by atoms with van der Waals surface area (Å²) in [5.41, 5.74) is 1.42. The molecular weight excluding hydrogens is 231 g/mol. The highest BCUT2D eigenvalue weighted by atomic mass is 19.1. The second-order valence-corrected chi connectivity index (χ2v) is 3.64. The van der Waals surface area contributed by atoms with Crippen LogP contribution in [-0.4, -0.2) is 9.78 Å². The molecule has 0 aliphatic heterocycles. The first-order valence-electron chi connectivity index (χ1n) is 5.32. The zero-order chi connectivity index (χ0) is 13.0. The third-order valence-electron chi connectivity index (χ3n) is 2.45. The van der Waals surface area contributed by atoms with Crippen LogP contribution in [0.4, 0.5) is 10.1 Å². The number of benzene rings is 1. The van der Waals surface area contributed by atoms with Gasteiger partial charge in [-0.25, -0.2) is 9.07 Å². The van der Waals surface area contributed by atoms with Gasteiger partial charge in [-0.1, -0.05) is 12.6 Å². The van der Waals surface area contributed by atoms with Crippen LogP contribution < -0.4 is 5.32 Å². The number of aromatic nitrogens is 2. The van der Waals surface area contributed by atoms with Crippen molar-refractivity contribution >= 4 is 11.9 Å². The van der Waals surface area contributed by atoms with Gasteiger partial charge < -0.3 is 5.32 Å². The zero-order valence-corrected chi connectivity index (χ0v) is 9.60. The summed E-state index contributed by atoms with van der Waals surface area (Å²) in [6.07, 6.45) is 5.05. The highest BCUT2D eigenvalue weighted by molar-refractivity contribution is 5.58. The van der Waals surface area contributed by atoms with Crippen LogP contribution in [0.1, 0.15) is 11.1 Å². The maximum atomic E-state index is 13.3. The van der Waals surface area contributed by atoms with Crippen LogP contribution in [0.3, 0.4) is 0 Å². The Kier molecular flexibility index (Phi) is 3.39. The Labute approximate surface area is 104 Å². The first-order chi connectivity index (χ1) is 8.74. The Morgan fingerprint density at radius 3 is 3.06 bits per heavy atom. The molecule has 0 radical (unpaired) electrons. The fraction of sp³-hybridized carbons (Fsp3) is 0.0769. The zero-order valence-electron chi connectivity index (χ0n) is 9.60. The number of hydrogen-bond donors (Lipinski definition) is 1. The molecule has 0 bridgehead atoms. The second kappa shape index (κ2) is 5.15. The van der Waals surface area contributed by atoms with Crippen LogP contribution in [0, 0.1) is 17.1 Å². The standard InChI is InChI=1S/C13H11FN4/c1-2-18-9-10(8-17-18)7-16-13-5-3-4-12(14)11(13)6-15/h2-5,8-9,16H,1,7H2. The Bertz CT molecular complexity index is 610. The summed E-state index contributed by atoms with van der Waals surface area (Å²) in [4.78, 5) is 0. The molecule has 1 heterocycles. The fourth-order valence-electron chi connectivity index (χ4n) is 1.55. The van der Waals surface area contributed by atoms with Crippen molar-refractivity contribution in [3.8, 4) is 6.07 Å². The van der Waals surface area contributed by atoms with Crippen molar-refractivity contribution in [1.29, 1.82) is 5.26 Å². The Morgan fingerprint density at radius 2 is 2.39 bits per heavy atom. The molecule has 0 unspecified atom stereocenters. The van der Waals surface area contributed by atoms with Crippen molar-refractivity contribution in [3.63, 3.8) is 0 Å². The number of nitriles is 1. The summed E-state index contributed by atoms with van der Waals surface area (Å²) < 4.78 is 14.9. The van der Waals surface area contributed by atoms with Crippen LogP contribution in [0.15, 0.2) is 37.2 Å². The monoisotopic (exact) mass is 242 g/mol. The van der Waals surface area contributed by atoms with Crippen LogP contribution >= 0.6 is 0 Å². The van der Waals surface area contributed by atoms with E-state index in [0.717, 1.165) is 5.56 Å². The van der Waals surface area contributed by atoms with Gasteiger partial charge in [-0.2, -0.15) is 10.4 Å². The van der Waals surface area contributed by atoms with E-state index in [9.17, 15) is 4.39 Å².